The van der Waals surface area contributed by atoms with Gasteiger partial charge in [0.1, 0.15) is 11.4 Å². The molecule has 3 aromatic rings. The molecule has 2 aromatic heterocycles. The van der Waals surface area contributed by atoms with Crippen molar-refractivity contribution in [2.45, 2.75) is 39.7 Å². The number of carbonyl (C=O) groups is 2. The van der Waals surface area contributed by atoms with Crippen LogP contribution in [0, 0.1) is 6.92 Å². The SMILES string of the molecule is Cc1nc2ccc(CCC(=O)c3cccc(C(=O)NC(C)C)n3)cc2s1. The number of rotatable bonds is 6. The number of ketones is 1. The Balaban J connectivity index is 1.68. The third kappa shape index (κ3) is 4.32. The summed E-state index contributed by atoms with van der Waals surface area (Å²) >= 11 is 1.65. The minimum atomic E-state index is -0.263. The maximum absolute atomic E-state index is 12.5. The summed E-state index contributed by atoms with van der Waals surface area (Å²) in [5.74, 6) is -0.328. The fourth-order valence-corrected chi connectivity index (χ4v) is 3.57. The van der Waals surface area contributed by atoms with E-state index in [4.69, 9.17) is 0 Å². The van der Waals surface area contributed by atoms with Crippen molar-refractivity contribution in [3.63, 3.8) is 0 Å². The number of aryl methyl sites for hydroxylation is 2. The molecule has 0 fully saturated rings. The predicted molar refractivity (Wildman–Crippen MR) is 104 cm³/mol. The number of nitrogens with zero attached hydrogens (tertiary/aromatic N) is 2. The number of hydrogen-bond donors (Lipinski definition) is 1. The molecule has 1 N–H and O–H groups in total. The van der Waals surface area contributed by atoms with Crippen LogP contribution in [0.5, 0.6) is 0 Å². The normalized spacial score (nSPS) is 11.1. The lowest BCUT2D eigenvalue weighted by atomic mass is 10.1. The van der Waals surface area contributed by atoms with E-state index < -0.39 is 0 Å². The fourth-order valence-electron chi connectivity index (χ4n) is 2.68. The Bertz CT molecular complexity index is 963. The first-order chi connectivity index (χ1) is 12.4. The van der Waals surface area contributed by atoms with Crippen LogP contribution in [0.3, 0.4) is 0 Å². The number of fused-ring (bicyclic) bond motifs is 1. The number of benzene rings is 1. The predicted octanol–water partition coefficient (Wildman–Crippen LogP) is 3.95. The van der Waals surface area contributed by atoms with E-state index in [9.17, 15) is 9.59 Å². The smallest absolute Gasteiger partial charge is 0.270 e. The van der Waals surface area contributed by atoms with Crippen molar-refractivity contribution in [2.24, 2.45) is 0 Å². The molecule has 0 aliphatic rings. The molecule has 26 heavy (non-hydrogen) atoms. The zero-order chi connectivity index (χ0) is 18.7. The summed E-state index contributed by atoms with van der Waals surface area (Å²) < 4.78 is 1.14. The molecule has 0 aliphatic carbocycles. The van der Waals surface area contributed by atoms with E-state index in [1.807, 2.05) is 32.9 Å². The number of thiazole rings is 1. The summed E-state index contributed by atoms with van der Waals surface area (Å²) in [6, 6.07) is 11.1. The zero-order valence-electron chi connectivity index (χ0n) is 15.1. The van der Waals surface area contributed by atoms with E-state index in [0.717, 1.165) is 20.8 Å². The van der Waals surface area contributed by atoms with Gasteiger partial charge in [0.25, 0.3) is 5.91 Å². The molecule has 1 aromatic carbocycles. The molecule has 0 saturated heterocycles. The third-order valence-electron chi connectivity index (χ3n) is 3.89. The lowest BCUT2D eigenvalue weighted by Crippen LogP contribution is -2.31. The van der Waals surface area contributed by atoms with Crippen molar-refractivity contribution in [2.75, 3.05) is 0 Å². The second-order valence-electron chi connectivity index (χ2n) is 6.49. The molecule has 5 nitrogen and oxygen atoms in total. The van der Waals surface area contributed by atoms with Crippen LogP contribution < -0.4 is 5.32 Å². The highest BCUT2D eigenvalue weighted by Gasteiger charge is 2.13. The summed E-state index contributed by atoms with van der Waals surface area (Å²) in [5.41, 5.74) is 2.69. The van der Waals surface area contributed by atoms with E-state index in [1.54, 1.807) is 29.5 Å². The molecule has 0 saturated carbocycles. The summed E-state index contributed by atoms with van der Waals surface area (Å²) in [6.45, 7) is 5.75. The molecule has 0 bridgehead atoms. The number of nitrogens with one attached hydrogen (secondary N) is 1. The minimum absolute atomic E-state index is 0.0222. The molecule has 134 valence electrons. The number of carbonyl (C=O) groups excluding carboxylic acids is 2. The first-order valence-corrected chi connectivity index (χ1v) is 9.41. The van der Waals surface area contributed by atoms with Crippen LogP contribution in [0.2, 0.25) is 0 Å². The highest BCUT2D eigenvalue weighted by atomic mass is 32.1. The van der Waals surface area contributed by atoms with Gasteiger partial charge in [0.15, 0.2) is 5.78 Å². The molecular formula is C20H21N3O2S. The Morgan fingerprint density at radius 2 is 1.88 bits per heavy atom. The van der Waals surface area contributed by atoms with Gasteiger partial charge in [0, 0.05) is 12.5 Å². The van der Waals surface area contributed by atoms with E-state index >= 15 is 0 Å². The Kier molecular flexibility index (Phi) is 5.42. The standard InChI is InChI=1S/C20H21N3O2S/c1-12(2)21-20(25)17-6-4-5-15(23-17)18(24)10-8-14-7-9-16-19(11-14)26-13(3)22-16/h4-7,9,11-12H,8,10H2,1-3H3,(H,21,25). The first-order valence-electron chi connectivity index (χ1n) is 8.59. The highest BCUT2D eigenvalue weighted by molar-refractivity contribution is 7.18. The van der Waals surface area contributed by atoms with E-state index in [2.05, 4.69) is 21.4 Å². The maximum atomic E-state index is 12.5. The summed E-state index contributed by atoms with van der Waals surface area (Å²) in [7, 11) is 0. The molecule has 2 heterocycles. The summed E-state index contributed by atoms with van der Waals surface area (Å²) in [5, 5.41) is 3.82. The van der Waals surface area contributed by atoms with Crippen molar-refractivity contribution < 1.29 is 9.59 Å². The van der Waals surface area contributed by atoms with Crippen molar-refractivity contribution >= 4 is 33.2 Å². The second-order valence-corrected chi connectivity index (χ2v) is 7.73. The van der Waals surface area contributed by atoms with Gasteiger partial charge in [-0.15, -0.1) is 11.3 Å². The van der Waals surface area contributed by atoms with Crippen molar-refractivity contribution in [1.82, 2.24) is 15.3 Å². The van der Waals surface area contributed by atoms with Gasteiger partial charge in [-0.25, -0.2) is 9.97 Å². The van der Waals surface area contributed by atoms with Gasteiger partial charge in [0.2, 0.25) is 0 Å². The molecule has 0 radical (unpaired) electrons. The van der Waals surface area contributed by atoms with Gasteiger partial charge in [0.05, 0.1) is 15.2 Å². The van der Waals surface area contributed by atoms with Crippen molar-refractivity contribution in [3.8, 4) is 0 Å². The van der Waals surface area contributed by atoms with Crippen LogP contribution in [-0.4, -0.2) is 27.7 Å². The van der Waals surface area contributed by atoms with Crippen LogP contribution in [0.15, 0.2) is 36.4 Å². The average molecular weight is 367 g/mol. The van der Waals surface area contributed by atoms with E-state index in [-0.39, 0.29) is 23.4 Å². The Morgan fingerprint density at radius 3 is 2.65 bits per heavy atom. The topological polar surface area (TPSA) is 72.0 Å². The fraction of sp³-hybridized carbons (Fsp3) is 0.300. The number of hydrogen-bond acceptors (Lipinski definition) is 5. The monoisotopic (exact) mass is 367 g/mol. The molecular weight excluding hydrogens is 346 g/mol. The van der Waals surface area contributed by atoms with Gasteiger partial charge in [-0.2, -0.15) is 0 Å². The van der Waals surface area contributed by atoms with Gasteiger partial charge in [-0.1, -0.05) is 12.1 Å². The first kappa shape index (κ1) is 18.2. The van der Waals surface area contributed by atoms with E-state index in [0.29, 0.717) is 18.5 Å². The van der Waals surface area contributed by atoms with Crippen molar-refractivity contribution in [1.29, 1.82) is 0 Å². The van der Waals surface area contributed by atoms with E-state index in [1.165, 1.54) is 0 Å². The lowest BCUT2D eigenvalue weighted by Gasteiger charge is -2.08. The quantitative estimate of drug-likeness (QED) is 0.670. The molecule has 0 unspecified atom stereocenters. The largest absolute Gasteiger partial charge is 0.349 e. The summed E-state index contributed by atoms with van der Waals surface area (Å²) in [6.07, 6.45) is 0.987. The second kappa shape index (κ2) is 7.74. The number of aromatic nitrogens is 2. The van der Waals surface area contributed by atoms with Gasteiger partial charge < -0.3 is 5.32 Å². The highest BCUT2D eigenvalue weighted by Crippen LogP contribution is 2.23. The number of amides is 1. The van der Waals surface area contributed by atoms with Crippen molar-refractivity contribution in [3.05, 3.63) is 58.4 Å². The van der Waals surface area contributed by atoms with Gasteiger partial charge in [-0.3, -0.25) is 9.59 Å². The average Bonchev–Trinajstić information content (AvgIpc) is 2.98. The lowest BCUT2D eigenvalue weighted by molar-refractivity contribution is 0.0937. The Hall–Kier alpha value is -2.60. The molecule has 3 rings (SSSR count). The molecule has 0 spiro atoms. The molecule has 6 heteroatoms. The number of Topliss-reactive ketones (excluding diaryl/α,β-unsaturated/α-hetero) is 1. The van der Waals surface area contributed by atoms with Crippen LogP contribution >= 0.6 is 11.3 Å². The number of pyridine rings is 1. The van der Waals surface area contributed by atoms with Crippen LogP contribution in [-0.2, 0) is 6.42 Å². The van der Waals surface area contributed by atoms with Gasteiger partial charge in [-0.05, 0) is 57.0 Å². The van der Waals surface area contributed by atoms with Crippen LogP contribution in [0.4, 0.5) is 0 Å². The van der Waals surface area contributed by atoms with Crippen LogP contribution in [0.25, 0.3) is 10.2 Å². The summed E-state index contributed by atoms with van der Waals surface area (Å²) in [4.78, 5) is 33.2. The Labute approximate surface area is 156 Å². The minimum Gasteiger partial charge on any atom is -0.349 e. The maximum Gasteiger partial charge on any atom is 0.270 e. The Morgan fingerprint density at radius 1 is 1.12 bits per heavy atom. The zero-order valence-corrected chi connectivity index (χ0v) is 15.9. The molecule has 0 atom stereocenters. The third-order valence-corrected chi connectivity index (χ3v) is 4.82. The van der Waals surface area contributed by atoms with Gasteiger partial charge >= 0.3 is 0 Å². The molecule has 0 aliphatic heterocycles. The van der Waals surface area contributed by atoms with Crippen LogP contribution in [0.1, 0.15) is 51.8 Å². The molecule has 1 amide bonds.